The van der Waals surface area contributed by atoms with Gasteiger partial charge in [0.1, 0.15) is 0 Å². The zero-order valence-electron chi connectivity index (χ0n) is 15.6. The van der Waals surface area contributed by atoms with Crippen molar-refractivity contribution in [2.24, 2.45) is 0 Å². The molecule has 4 heteroatoms. The van der Waals surface area contributed by atoms with Gasteiger partial charge in [-0.1, -0.05) is 72.8 Å². The lowest BCUT2D eigenvalue weighted by atomic mass is 9.91. The van der Waals surface area contributed by atoms with Crippen molar-refractivity contribution in [1.29, 1.82) is 0 Å². The monoisotopic (exact) mass is 371 g/mol. The summed E-state index contributed by atoms with van der Waals surface area (Å²) in [6.07, 6.45) is 0. The van der Waals surface area contributed by atoms with Gasteiger partial charge in [-0.3, -0.25) is 4.79 Å². The third-order valence-corrected chi connectivity index (χ3v) is 4.82. The van der Waals surface area contributed by atoms with E-state index in [-0.39, 0.29) is 17.6 Å². The van der Waals surface area contributed by atoms with Gasteiger partial charge in [0.15, 0.2) is 17.1 Å². The maximum atomic E-state index is 12.7. The predicted molar refractivity (Wildman–Crippen MR) is 110 cm³/mol. The fraction of sp³-hybridized carbons (Fsp3) is 0.125. The van der Waals surface area contributed by atoms with Crippen molar-refractivity contribution >= 4 is 16.9 Å². The molecule has 0 aliphatic heterocycles. The number of furan rings is 1. The molecule has 0 radical (unpaired) electrons. The molecule has 0 saturated heterocycles. The molecule has 1 N–H and O–H groups in total. The van der Waals surface area contributed by atoms with E-state index in [1.54, 1.807) is 13.2 Å². The number of methoxy groups -OCH3 is 1. The van der Waals surface area contributed by atoms with E-state index < -0.39 is 0 Å². The Labute approximate surface area is 163 Å². The highest BCUT2D eigenvalue weighted by molar-refractivity contribution is 5.97. The van der Waals surface area contributed by atoms with Crippen molar-refractivity contribution in [3.8, 4) is 5.75 Å². The first-order valence-electron chi connectivity index (χ1n) is 9.21. The van der Waals surface area contributed by atoms with Crippen LogP contribution < -0.4 is 10.1 Å². The van der Waals surface area contributed by atoms with Gasteiger partial charge in [-0.15, -0.1) is 0 Å². The third-order valence-electron chi connectivity index (χ3n) is 4.82. The van der Waals surface area contributed by atoms with Crippen molar-refractivity contribution < 1.29 is 13.9 Å². The number of nitrogens with one attached hydrogen (secondary N) is 1. The molecule has 0 unspecified atom stereocenters. The molecule has 0 fully saturated rings. The van der Waals surface area contributed by atoms with E-state index in [2.05, 4.69) is 29.6 Å². The Hall–Kier alpha value is -3.53. The molecule has 28 heavy (non-hydrogen) atoms. The van der Waals surface area contributed by atoms with E-state index in [1.807, 2.05) is 54.6 Å². The van der Waals surface area contributed by atoms with Gasteiger partial charge in [0.2, 0.25) is 0 Å². The minimum atomic E-state index is -0.241. The maximum Gasteiger partial charge on any atom is 0.287 e. The largest absolute Gasteiger partial charge is 0.493 e. The number of ether oxygens (including phenoxy) is 1. The number of hydrogen-bond donors (Lipinski definition) is 1. The predicted octanol–water partition coefficient (Wildman–Crippen LogP) is 5.00. The molecule has 0 saturated carbocycles. The molecule has 0 atom stereocenters. The molecule has 140 valence electrons. The average molecular weight is 371 g/mol. The zero-order chi connectivity index (χ0) is 19.3. The average Bonchev–Trinajstić information content (AvgIpc) is 3.20. The Kier molecular flexibility index (Phi) is 5.11. The number of benzene rings is 3. The number of carbonyl (C=O) groups is 1. The highest BCUT2D eigenvalue weighted by Gasteiger charge is 2.18. The smallest absolute Gasteiger partial charge is 0.287 e. The topological polar surface area (TPSA) is 51.5 Å². The summed E-state index contributed by atoms with van der Waals surface area (Å²) < 4.78 is 11.1. The van der Waals surface area contributed by atoms with Crippen molar-refractivity contribution in [2.45, 2.75) is 5.92 Å². The maximum absolute atomic E-state index is 12.7. The fourth-order valence-corrected chi connectivity index (χ4v) is 3.39. The van der Waals surface area contributed by atoms with Crippen molar-refractivity contribution in [1.82, 2.24) is 5.32 Å². The van der Waals surface area contributed by atoms with Crippen LogP contribution in [0.5, 0.6) is 5.75 Å². The highest BCUT2D eigenvalue weighted by atomic mass is 16.5. The first kappa shape index (κ1) is 17.9. The number of carbonyl (C=O) groups excluding carboxylic acids is 1. The normalized spacial score (nSPS) is 10.9. The van der Waals surface area contributed by atoms with Crippen LogP contribution in [-0.4, -0.2) is 19.6 Å². The summed E-state index contributed by atoms with van der Waals surface area (Å²) in [5.41, 5.74) is 2.89. The van der Waals surface area contributed by atoms with Crippen LogP contribution in [0.25, 0.3) is 11.0 Å². The van der Waals surface area contributed by atoms with Gasteiger partial charge < -0.3 is 14.5 Å². The SMILES string of the molecule is COc1cccc2cc(C(=O)NCC(c3ccccc3)c3ccccc3)oc12. The quantitative estimate of drug-likeness (QED) is 0.519. The fourth-order valence-electron chi connectivity index (χ4n) is 3.39. The number of para-hydroxylation sites is 1. The third kappa shape index (κ3) is 3.62. The number of fused-ring (bicyclic) bond motifs is 1. The minimum Gasteiger partial charge on any atom is -0.493 e. The number of hydrogen-bond acceptors (Lipinski definition) is 3. The van der Waals surface area contributed by atoms with Crippen molar-refractivity contribution in [3.63, 3.8) is 0 Å². The van der Waals surface area contributed by atoms with Crippen LogP contribution >= 0.6 is 0 Å². The Balaban J connectivity index is 1.56. The molecule has 3 aromatic carbocycles. The second-order valence-corrected chi connectivity index (χ2v) is 6.57. The van der Waals surface area contributed by atoms with E-state index in [0.717, 1.165) is 16.5 Å². The molecular formula is C24H21NO3. The summed E-state index contributed by atoms with van der Waals surface area (Å²) in [5.74, 6) is 0.711. The molecule has 1 aromatic heterocycles. The van der Waals surface area contributed by atoms with Gasteiger partial charge >= 0.3 is 0 Å². The van der Waals surface area contributed by atoms with E-state index >= 15 is 0 Å². The standard InChI is InChI=1S/C24H21NO3/c1-27-21-14-8-13-19-15-22(28-23(19)21)24(26)25-16-20(17-9-4-2-5-10-17)18-11-6-3-7-12-18/h2-15,20H,16H2,1H3,(H,25,26). The molecule has 0 aliphatic rings. The van der Waals surface area contributed by atoms with Crippen LogP contribution in [0.1, 0.15) is 27.6 Å². The summed E-state index contributed by atoms with van der Waals surface area (Å²) in [6.45, 7) is 0.473. The molecule has 0 aliphatic carbocycles. The van der Waals surface area contributed by atoms with Crippen LogP contribution in [0.15, 0.2) is 89.3 Å². The van der Waals surface area contributed by atoms with Crippen LogP contribution in [-0.2, 0) is 0 Å². The van der Waals surface area contributed by atoms with Crippen LogP contribution in [0.3, 0.4) is 0 Å². The first-order chi connectivity index (χ1) is 13.8. The molecule has 1 heterocycles. The van der Waals surface area contributed by atoms with Gasteiger partial charge in [-0.05, 0) is 23.3 Å². The van der Waals surface area contributed by atoms with Gasteiger partial charge in [-0.25, -0.2) is 0 Å². The molecule has 4 nitrogen and oxygen atoms in total. The summed E-state index contributed by atoms with van der Waals surface area (Å²) in [7, 11) is 1.58. The molecule has 0 spiro atoms. The lowest BCUT2D eigenvalue weighted by Gasteiger charge is -2.18. The van der Waals surface area contributed by atoms with E-state index in [0.29, 0.717) is 17.9 Å². The van der Waals surface area contributed by atoms with Crippen molar-refractivity contribution in [2.75, 3.05) is 13.7 Å². The summed E-state index contributed by atoms with van der Waals surface area (Å²) in [6, 6.07) is 27.7. The molecule has 1 amide bonds. The number of rotatable bonds is 6. The number of amides is 1. The Morgan fingerprint density at radius 3 is 2.18 bits per heavy atom. The van der Waals surface area contributed by atoms with E-state index in [9.17, 15) is 4.79 Å². The van der Waals surface area contributed by atoms with Gasteiger partial charge in [0, 0.05) is 17.8 Å². The Bertz CT molecular complexity index is 1030. The molecule has 4 aromatic rings. The molecule has 0 bridgehead atoms. The van der Waals surface area contributed by atoms with E-state index in [4.69, 9.17) is 9.15 Å². The van der Waals surface area contributed by atoms with Gasteiger partial charge in [0.05, 0.1) is 7.11 Å². The second kappa shape index (κ2) is 8.01. The summed E-state index contributed by atoms with van der Waals surface area (Å²) in [5, 5.41) is 3.86. The molecule has 4 rings (SSSR count). The first-order valence-corrected chi connectivity index (χ1v) is 9.21. The highest BCUT2D eigenvalue weighted by Crippen LogP contribution is 2.29. The summed E-state index contributed by atoms with van der Waals surface area (Å²) >= 11 is 0. The lowest BCUT2D eigenvalue weighted by Crippen LogP contribution is -2.28. The van der Waals surface area contributed by atoms with Crippen LogP contribution in [0.4, 0.5) is 0 Å². The van der Waals surface area contributed by atoms with E-state index in [1.165, 1.54) is 0 Å². The zero-order valence-corrected chi connectivity index (χ0v) is 15.6. The second-order valence-electron chi connectivity index (χ2n) is 6.57. The van der Waals surface area contributed by atoms with Crippen molar-refractivity contribution in [3.05, 3.63) is 102 Å². The summed E-state index contributed by atoms with van der Waals surface area (Å²) in [4.78, 5) is 12.7. The minimum absolute atomic E-state index is 0.0604. The Morgan fingerprint density at radius 1 is 0.929 bits per heavy atom. The van der Waals surface area contributed by atoms with Gasteiger partial charge in [0.25, 0.3) is 5.91 Å². The lowest BCUT2D eigenvalue weighted by molar-refractivity contribution is 0.0927. The van der Waals surface area contributed by atoms with Crippen LogP contribution in [0, 0.1) is 0 Å². The molecular weight excluding hydrogens is 350 g/mol. The Morgan fingerprint density at radius 2 is 1.57 bits per heavy atom. The van der Waals surface area contributed by atoms with Gasteiger partial charge in [-0.2, -0.15) is 0 Å². The van der Waals surface area contributed by atoms with Crippen LogP contribution in [0.2, 0.25) is 0 Å².